The first kappa shape index (κ1) is 38.8. The van der Waals surface area contributed by atoms with Gasteiger partial charge in [-0.1, -0.05) is 0 Å². The van der Waals surface area contributed by atoms with E-state index in [-0.39, 0.29) is 12.1 Å². The normalized spacial score (nSPS) is 14.5. The van der Waals surface area contributed by atoms with Crippen molar-refractivity contribution in [3.8, 4) is 6.07 Å². The van der Waals surface area contributed by atoms with E-state index >= 15 is 0 Å². The Balaban J connectivity index is 2.11. The van der Waals surface area contributed by atoms with Crippen LogP contribution in [-0.4, -0.2) is 82.0 Å². The molecule has 50 heavy (non-hydrogen) atoms. The number of benzene rings is 4. The molecule has 0 heterocycles. The summed E-state index contributed by atoms with van der Waals surface area (Å²) in [5.74, 6) is -2.63. The summed E-state index contributed by atoms with van der Waals surface area (Å²) < 4.78 is 13.0. The first-order chi connectivity index (χ1) is 23.8. The molecular formula is C40H50N3O6P. The average molecular weight is 700 g/mol. The number of rotatable bonds is 16. The van der Waals surface area contributed by atoms with Crippen LogP contribution in [0, 0.1) is 11.3 Å². The van der Waals surface area contributed by atoms with E-state index in [1.54, 1.807) is 30.3 Å². The first-order valence-electron chi connectivity index (χ1n) is 16.8. The third kappa shape index (κ3) is 7.53. The standard InChI is InChI=1S/C40H50N3O6P/c1-30(2)43(31(3)4)36(27-41)29-50(45,46,47)37(28-42-38(44)32-19-11-7-12-20-32)40(48-5,49-6)39(33-21-13-8-14-22-33,34-23-15-9-16-24-34)35-25-17-10-18-26-35/h7-26,30-31,36-37,45-47H,28-29H2,1-6H3,(H,42,44). The molecule has 266 valence electrons. The van der Waals surface area contributed by atoms with Crippen LogP contribution in [0.15, 0.2) is 121 Å². The molecule has 0 aromatic heterocycles. The Labute approximate surface area is 296 Å². The van der Waals surface area contributed by atoms with Crippen LogP contribution in [-0.2, 0) is 14.9 Å². The van der Waals surface area contributed by atoms with E-state index in [2.05, 4.69) is 11.4 Å². The van der Waals surface area contributed by atoms with Crippen molar-refractivity contribution in [1.29, 1.82) is 5.26 Å². The molecule has 0 aliphatic carbocycles. The van der Waals surface area contributed by atoms with Crippen molar-refractivity contribution in [3.05, 3.63) is 144 Å². The van der Waals surface area contributed by atoms with E-state index in [0.29, 0.717) is 22.3 Å². The molecule has 0 fully saturated rings. The predicted octanol–water partition coefficient (Wildman–Crippen LogP) is 6.09. The molecule has 0 bridgehead atoms. The van der Waals surface area contributed by atoms with Gasteiger partial charge in [-0.3, -0.25) is 0 Å². The summed E-state index contributed by atoms with van der Waals surface area (Å²) in [5, 5.41) is 13.3. The van der Waals surface area contributed by atoms with Crippen LogP contribution in [0.2, 0.25) is 0 Å². The molecule has 0 spiro atoms. The summed E-state index contributed by atoms with van der Waals surface area (Å²) in [4.78, 5) is 53.5. The SMILES string of the molecule is COC(OC)(C(CNC(=O)c1ccccc1)P(O)(O)(O)CC(C#N)N(C(C)C)C(C)C)C(c1ccccc1)(c1ccccc1)c1ccccc1. The average Bonchev–Trinajstić information content (AvgIpc) is 3.11. The molecule has 2 atom stereocenters. The zero-order valence-electron chi connectivity index (χ0n) is 29.7. The number of nitrogens with one attached hydrogen (secondary N) is 1. The van der Waals surface area contributed by atoms with Crippen LogP contribution in [0.4, 0.5) is 0 Å². The fourth-order valence-corrected chi connectivity index (χ4v) is 10.4. The van der Waals surface area contributed by atoms with E-state index < -0.39 is 48.8 Å². The van der Waals surface area contributed by atoms with E-state index in [9.17, 15) is 24.7 Å². The van der Waals surface area contributed by atoms with Crippen molar-refractivity contribution < 1.29 is 28.9 Å². The number of amides is 1. The Hall–Kier alpha value is -3.97. The zero-order valence-corrected chi connectivity index (χ0v) is 30.6. The van der Waals surface area contributed by atoms with Crippen molar-refractivity contribution in [1.82, 2.24) is 10.2 Å². The van der Waals surface area contributed by atoms with E-state index in [4.69, 9.17) is 9.47 Å². The Kier molecular flexibility index (Phi) is 12.4. The fraction of sp³-hybridized carbons (Fsp3) is 0.350. The van der Waals surface area contributed by atoms with Crippen LogP contribution in [0.3, 0.4) is 0 Å². The van der Waals surface area contributed by atoms with Crippen LogP contribution < -0.4 is 5.32 Å². The topological polar surface area (TPSA) is 135 Å². The van der Waals surface area contributed by atoms with Gasteiger partial charge in [0.05, 0.1) is 0 Å². The van der Waals surface area contributed by atoms with E-state index in [0.717, 1.165) is 0 Å². The molecular weight excluding hydrogens is 649 g/mol. The van der Waals surface area contributed by atoms with Gasteiger partial charge >= 0.3 is 297 Å². The fourth-order valence-electron chi connectivity index (χ4n) is 7.61. The van der Waals surface area contributed by atoms with Gasteiger partial charge in [0.25, 0.3) is 0 Å². The minimum atomic E-state index is -6.18. The van der Waals surface area contributed by atoms with Crippen LogP contribution in [0.25, 0.3) is 0 Å². The van der Waals surface area contributed by atoms with Gasteiger partial charge in [0.2, 0.25) is 0 Å². The third-order valence-electron chi connectivity index (χ3n) is 9.54. The molecule has 4 rings (SSSR count). The summed E-state index contributed by atoms with van der Waals surface area (Å²) in [5.41, 5.74) is -0.908. The molecule has 1 amide bonds. The Morgan fingerprint density at radius 1 is 0.740 bits per heavy atom. The number of nitrogens with zero attached hydrogens (tertiary/aromatic N) is 2. The number of hydrogen-bond acceptors (Lipinski definition) is 8. The molecule has 2 unspecified atom stereocenters. The molecule has 0 saturated heterocycles. The van der Waals surface area contributed by atoms with Gasteiger partial charge in [-0.15, -0.1) is 0 Å². The van der Waals surface area contributed by atoms with Crippen molar-refractivity contribution in [2.45, 2.75) is 62.7 Å². The van der Waals surface area contributed by atoms with Crippen LogP contribution in [0.1, 0.15) is 54.7 Å². The second-order valence-corrected chi connectivity index (χ2v) is 16.6. The van der Waals surface area contributed by atoms with E-state index in [1.807, 2.05) is 124 Å². The molecule has 9 nitrogen and oxygen atoms in total. The molecule has 0 radical (unpaired) electrons. The van der Waals surface area contributed by atoms with Crippen molar-refractivity contribution >= 4 is 13.2 Å². The quantitative estimate of drug-likeness (QED) is 0.0627. The Morgan fingerprint density at radius 3 is 1.46 bits per heavy atom. The summed E-state index contributed by atoms with van der Waals surface area (Å²) in [6, 6.07) is 37.4. The maximum absolute atomic E-state index is 13.6. The molecule has 0 aliphatic rings. The molecule has 0 aliphatic heterocycles. The number of nitriles is 1. The number of ether oxygens (including phenoxy) is 2. The maximum atomic E-state index is 13.6. The van der Waals surface area contributed by atoms with Gasteiger partial charge in [-0.25, -0.2) is 0 Å². The number of carbonyl (C=O) groups excluding carboxylic acids is 1. The Morgan fingerprint density at radius 2 is 1.12 bits per heavy atom. The first-order valence-corrected chi connectivity index (χ1v) is 19.1. The van der Waals surface area contributed by atoms with Gasteiger partial charge in [-0.05, 0) is 0 Å². The summed E-state index contributed by atoms with van der Waals surface area (Å²) >= 11 is 0. The number of carbonyl (C=O) groups is 1. The van der Waals surface area contributed by atoms with Crippen molar-refractivity contribution in [3.63, 3.8) is 0 Å². The van der Waals surface area contributed by atoms with Crippen molar-refractivity contribution in [2.75, 3.05) is 26.9 Å². The van der Waals surface area contributed by atoms with Gasteiger partial charge < -0.3 is 0 Å². The van der Waals surface area contributed by atoms with Crippen LogP contribution in [0.5, 0.6) is 0 Å². The van der Waals surface area contributed by atoms with Gasteiger partial charge in [0, 0.05) is 0 Å². The minimum absolute atomic E-state index is 0.172. The molecule has 10 heteroatoms. The third-order valence-corrected chi connectivity index (χ3v) is 12.4. The predicted molar refractivity (Wildman–Crippen MR) is 198 cm³/mol. The molecule has 0 saturated carbocycles. The van der Waals surface area contributed by atoms with Gasteiger partial charge in [-0.2, -0.15) is 0 Å². The second kappa shape index (κ2) is 15.9. The number of hydrogen-bond donors (Lipinski definition) is 4. The summed E-state index contributed by atoms with van der Waals surface area (Å²) in [6.07, 6.45) is -0.729. The zero-order chi connectivity index (χ0) is 36.6. The summed E-state index contributed by atoms with van der Waals surface area (Å²) in [7, 11) is -3.39. The monoisotopic (exact) mass is 699 g/mol. The van der Waals surface area contributed by atoms with Gasteiger partial charge in [0.15, 0.2) is 0 Å². The van der Waals surface area contributed by atoms with Crippen LogP contribution >= 0.6 is 7.28 Å². The Bertz CT molecular complexity index is 1600. The van der Waals surface area contributed by atoms with Crippen molar-refractivity contribution in [2.24, 2.45) is 0 Å². The molecule has 4 aromatic carbocycles. The van der Waals surface area contributed by atoms with Gasteiger partial charge in [0.1, 0.15) is 0 Å². The summed E-state index contributed by atoms with van der Waals surface area (Å²) in [6.45, 7) is 7.13. The second-order valence-electron chi connectivity index (χ2n) is 13.2. The molecule has 4 N–H and O–H groups in total. The van der Waals surface area contributed by atoms with E-state index in [1.165, 1.54) is 14.2 Å². The number of methoxy groups -OCH3 is 2. The molecule has 4 aromatic rings.